The fourth-order valence-electron chi connectivity index (χ4n) is 4.12. The van der Waals surface area contributed by atoms with Gasteiger partial charge in [0.15, 0.2) is 10.9 Å². The molecule has 0 saturated carbocycles. The van der Waals surface area contributed by atoms with Crippen molar-refractivity contribution in [2.45, 2.75) is 11.8 Å². The molecule has 0 aliphatic rings. The molecule has 2 aromatic heterocycles. The van der Waals surface area contributed by atoms with E-state index in [2.05, 4.69) is 4.98 Å². The second-order valence-corrected chi connectivity index (χ2v) is 8.83. The number of rotatable bonds is 1. The molecule has 3 aromatic carbocycles. The number of aryl methyl sites for hydroxylation is 2. The van der Waals surface area contributed by atoms with Gasteiger partial charge in [-0.25, -0.2) is 0 Å². The van der Waals surface area contributed by atoms with Gasteiger partial charge in [-0.3, -0.25) is 14.1 Å². The molecule has 0 atom stereocenters. The van der Waals surface area contributed by atoms with Crippen molar-refractivity contribution in [2.75, 3.05) is 0 Å². The zero-order valence-corrected chi connectivity index (χ0v) is 16.9. The SMILES string of the molecule is Cc1cccc2[nH]c3cc4c(=O)c5cc(S(=O)(=O)O)ccc5n(C)c4cc3c(=O)c12. The lowest BCUT2D eigenvalue weighted by Gasteiger charge is -2.13. The molecule has 0 fully saturated rings. The van der Waals surface area contributed by atoms with Crippen molar-refractivity contribution >= 4 is 53.7 Å². The van der Waals surface area contributed by atoms with Gasteiger partial charge >= 0.3 is 0 Å². The van der Waals surface area contributed by atoms with Crippen LogP contribution in [-0.4, -0.2) is 22.5 Å². The van der Waals surface area contributed by atoms with Gasteiger partial charge < -0.3 is 9.55 Å². The first-order valence-electron chi connectivity index (χ1n) is 9.16. The molecule has 150 valence electrons. The van der Waals surface area contributed by atoms with Gasteiger partial charge in [0.1, 0.15) is 0 Å². The minimum atomic E-state index is -4.44. The maximum Gasteiger partial charge on any atom is 0.294 e. The van der Waals surface area contributed by atoms with E-state index in [1.807, 2.05) is 25.1 Å². The zero-order chi connectivity index (χ0) is 21.4. The van der Waals surface area contributed by atoms with E-state index in [9.17, 15) is 22.6 Å². The Hall–Kier alpha value is -3.49. The van der Waals surface area contributed by atoms with Gasteiger partial charge in [-0.15, -0.1) is 0 Å². The molecule has 2 N–H and O–H groups in total. The van der Waals surface area contributed by atoms with Gasteiger partial charge in [0, 0.05) is 28.6 Å². The molecular formula is C22H16N2O5S. The lowest BCUT2D eigenvalue weighted by Crippen LogP contribution is -2.12. The molecule has 8 heteroatoms. The second-order valence-electron chi connectivity index (χ2n) is 7.41. The summed E-state index contributed by atoms with van der Waals surface area (Å²) in [7, 11) is -2.70. The summed E-state index contributed by atoms with van der Waals surface area (Å²) in [6, 6.07) is 12.7. The first-order valence-corrected chi connectivity index (χ1v) is 10.6. The minimum Gasteiger partial charge on any atom is -0.354 e. The van der Waals surface area contributed by atoms with Crippen LogP contribution in [0.3, 0.4) is 0 Å². The Labute approximate surface area is 169 Å². The van der Waals surface area contributed by atoms with E-state index < -0.39 is 10.1 Å². The van der Waals surface area contributed by atoms with Crippen LogP contribution in [0.25, 0.3) is 43.6 Å². The van der Waals surface area contributed by atoms with E-state index in [1.165, 1.54) is 18.2 Å². The number of hydrogen-bond acceptors (Lipinski definition) is 4. The number of hydrogen-bond donors (Lipinski definition) is 2. The van der Waals surface area contributed by atoms with E-state index in [0.29, 0.717) is 38.2 Å². The van der Waals surface area contributed by atoms with Crippen molar-refractivity contribution in [1.29, 1.82) is 0 Å². The summed E-state index contributed by atoms with van der Waals surface area (Å²) < 4.78 is 34.1. The standard InChI is InChI=1S/C22H16N2O5S/c1-11-4-3-5-16-20(11)22(26)13-10-19-15(9-17(13)23-16)21(25)14-8-12(30(27,28)29)6-7-18(14)24(19)2/h3-10H,1-2H3,(H,23,26)(H,27,28,29). The first kappa shape index (κ1) is 18.5. The molecule has 0 radical (unpaired) electrons. The molecule has 7 nitrogen and oxygen atoms in total. The molecule has 0 aliphatic heterocycles. The van der Waals surface area contributed by atoms with Crippen molar-refractivity contribution < 1.29 is 13.0 Å². The third-order valence-electron chi connectivity index (χ3n) is 5.63. The summed E-state index contributed by atoms with van der Waals surface area (Å²) >= 11 is 0. The lowest BCUT2D eigenvalue weighted by molar-refractivity contribution is 0.483. The number of benzene rings is 3. The maximum absolute atomic E-state index is 13.2. The zero-order valence-electron chi connectivity index (χ0n) is 16.1. The van der Waals surface area contributed by atoms with Gasteiger partial charge in [0.2, 0.25) is 0 Å². The Morgan fingerprint density at radius 3 is 2.33 bits per heavy atom. The topological polar surface area (TPSA) is 109 Å². The van der Waals surface area contributed by atoms with Crippen LogP contribution in [0.5, 0.6) is 0 Å². The predicted molar refractivity (Wildman–Crippen MR) is 117 cm³/mol. The number of nitrogens with zero attached hydrogens (tertiary/aromatic N) is 1. The molecule has 0 bridgehead atoms. The van der Waals surface area contributed by atoms with Crippen LogP contribution in [0.15, 0.2) is 63.0 Å². The molecule has 0 amide bonds. The minimum absolute atomic E-state index is 0.118. The molecule has 5 rings (SSSR count). The monoisotopic (exact) mass is 420 g/mol. The third-order valence-corrected chi connectivity index (χ3v) is 6.48. The van der Waals surface area contributed by atoms with Crippen molar-refractivity contribution in [1.82, 2.24) is 9.55 Å². The average molecular weight is 420 g/mol. The Kier molecular flexibility index (Phi) is 3.71. The van der Waals surface area contributed by atoms with Crippen LogP contribution in [0.2, 0.25) is 0 Å². The van der Waals surface area contributed by atoms with Gasteiger partial charge in [-0.1, -0.05) is 12.1 Å². The van der Waals surface area contributed by atoms with Crippen LogP contribution < -0.4 is 10.9 Å². The van der Waals surface area contributed by atoms with Gasteiger partial charge in [0.05, 0.1) is 27.0 Å². The number of H-pyrrole nitrogens is 1. The Morgan fingerprint density at radius 2 is 1.60 bits per heavy atom. The van der Waals surface area contributed by atoms with Crippen LogP contribution in [0, 0.1) is 6.92 Å². The molecule has 0 saturated heterocycles. The summed E-state index contributed by atoms with van der Waals surface area (Å²) in [5.74, 6) is 0. The molecular weight excluding hydrogens is 404 g/mol. The highest BCUT2D eigenvalue weighted by molar-refractivity contribution is 7.85. The van der Waals surface area contributed by atoms with Crippen molar-refractivity contribution in [3.8, 4) is 0 Å². The maximum atomic E-state index is 13.2. The number of aromatic amines is 1. The molecule has 0 unspecified atom stereocenters. The third kappa shape index (κ3) is 2.51. The molecule has 5 aromatic rings. The summed E-state index contributed by atoms with van der Waals surface area (Å²) in [5, 5.41) is 1.58. The normalized spacial score (nSPS) is 12.4. The Bertz CT molecular complexity index is 1780. The van der Waals surface area contributed by atoms with E-state index >= 15 is 0 Å². The second kappa shape index (κ2) is 6.01. The van der Waals surface area contributed by atoms with Crippen molar-refractivity contribution in [3.05, 3.63) is 74.5 Å². The molecule has 0 aliphatic carbocycles. The van der Waals surface area contributed by atoms with E-state index in [-0.39, 0.29) is 21.1 Å². The lowest BCUT2D eigenvalue weighted by atomic mass is 10.0. The highest BCUT2D eigenvalue weighted by Gasteiger charge is 2.16. The number of nitrogens with one attached hydrogen (secondary N) is 1. The van der Waals surface area contributed by atoms with E-state index in [0.717, 1.165) is 5.56 Å². The van der Waals surface area contributed by atoms with Gasteiger partial charge in [-0.05, 0) is 48.9 Å². The summed E-state index contributed by atoms with van der Waals surface area (Å²) in [6.45, 7) is 1.88. The van der Waals surface area contributed by atoms with E-state index in [1.54, 1.807) is 23.7 Å². The summed E-state index contributed by atoms with van der Waals surface area (Å²) in [4.78, 5) is 29.2. The van der Waals surface area contributed by atoms with Crippen molar-refractivity contribution in [3.63, 3.8) is 0 Å². The largest absolute Gasteiger partial charge is 0.354 e. The molecule has 2 heterocycles. The van der Waals surface area contributed by atoms with Crippen LogP contribution in [0.4, 0.5) is 0 Å². The van der Waals surface area contributed by atoms with Crippen LogP contribution >= 0.6 is 0 Å². The highest BCUT2D eigenvalue weighted by atomic mass is 32.2. The first-order chi connectivity index (χ1) is 14.2. The number of aromatic nitrogens is 2. The van der Waals surface area contributed by atoms with Crippen LogP contribution in [0.1, 0.15) is 5.56 Å². The van der Waals surface area contributed by atoms with Gasteiger partial charge in [0.25, 0.3) is 10.1 Å². The van der Waals surface area contributed by atoms with Gasteiger partial charge in [-0.2, -0.15) is 8.42 Å². The smallest absolute Gasteiger partial charge is 0.294 e. The fourth-order valence-corrected chi connectivity index (χ4v) is 4.62. The summed E-state index contributed by atoms with van der Waals surface area (Å²) in [6.07, 6.45) is 0. The number of pyridine rings is 2. The Morgan fingerprint density at radius 1 is 0.867 bits per heavy atom. The average Bonchev–Trinajstić information content (AvgIpc) is 2.70. The molecule has 30 heavy (non-hydrogen) atoms. The van der Waals surface area contributed by atoms with Crippen molar-refractivity contribution in [2.24, 2.45) is 7.05 Å². The Balaban J connectivity index is 2.00. The molecule has 0 spiro atoms. The quantitative estimate of drug-likeness (QED) is 0.320. The predicted octanol–water partition coefficient (Wildman–Crippen LogP) is 3.24. The fraction of sp³-hybridized carbons (Fsp3) is 0.0909. The summed E-state index contributed by atoms with van der Waals surface area (Å²) in [5.41, 5.74) is 2.61. The number of fused-ring (bicyclic) bond motifs is 4. The highest BCUT2D eigenvalue weighted by Crippen LogP contribution is 2.25. The van der Waals surface area contributed by atoms with E-state index in [4.69, 9.17) is 0 Å². The van der Waals surface area contributed by atoms with Crippen LogP contribution in [-0.2, 0) is 17.2 Å².